The molecule has 0 radical (unpaired) electrons. The van der Waals surface area contributed by atoms with Crippen molar-refractivity contribution in [2.24, 2.45) is 23.0 Å². The predicted molar refractivity (Wildman–Crippen MR) is 187 cm³/mol. The molecule has 5 N–H and O–H groups in total. The van der Waals surface area contributed by atoms with Crippen LogP contribution in [0.2, 0.25) is 5.02 Å². The average Bonchev–Trinajstić information content (AvgIpc) is 3.86. The van der Waals surface area contributed by atoms with E-state index < -0.39 is 47.3 Å². The molecule has 0 aromatic heterocycles. The molecule has 4 rings (SSSR count). The van der Waals surface area contributed by atoms with E-state index in [0.717, 1.165) is 11.1 Å². The molecule has 0 spiro atoms. The Bertz CT molecular complexity index is 1530. The number of benzene rings is 2. The van der Waals surface area contributed by atoms with E-state index in [2.05, 4.69) is 16.0 Å². The number of rotatable bonds is 9. The first-order chi connectivity index (χ1) is 23.2. The van der Waals surface area contributed by atoms with E-state index in [9.17, 15) is 19.2 Å². The fraction of sp³-hybridized carbons (Fsp3) is 0.514. The van der Waals surface area contributed by atoms with Crippen molar-refractivity contribution in [3.63, 3.8) is 0 Å². The first-order valence-corrected chi connectivity index (χ1v) is 17.1. The number of methoxy groups -OCH3 is 1. The van der Waals surface area contributed by atoms with Crippen LogP contribution in [0.25, 0.3) is 0 Å². The van der Waals surface area contributed by atoms with Crippen LogP contribution in [-0.4, -0.2) is 61.6 Å². The molecule has 3 amide bonds. The van der Waals surface area contributed by atoms with Crippen molar-refractivity contribution in [1.29, 1.82) is 0 Å². The van der Waals surface area contributed by atoms with Gasteiger partial charge in [-0.3, -0.25) is 14.4 Å². The summed E-state index contributed by atoms with van der Waals surface area (Å²) in [6.45, 7) is 9.62. The van der Waals surface area contributed by atoms with Crippen molar-refractivity contribution in [2.45, 2.75) is 90.8 Å². The zero-order valence-corrected chi connectivity index (χ0v) is 29.8. The highest BCUT2D eigenvalue weighted by molar-refractivity contribution is 6.32. The van der Waals surface area contributed by atoms with Crippen LogP contribution in [0.4, 0.5) is 0 Å². The number of nitrogens with one attached hydrogen (secondary N) is 3. The van der Waals surface area contributed by atoms with Gasteiger partial charge in [0.05, 0.1) is 23.7 Å². The number of carbonyl (C=O) groups excluding carboxylic acids is 4. The predicted octanol–water partition coefficient (Wildman–Crippen LogP) is 4.16. The number of carbonyl (C=O) groups is 4. The molecule has 2 aromatic rings. The highest BCUT2D eigenvalue weighted by atomic mass is 35.5. The molecule has 266 valence electrons. The van der Waals surface area contributed by atoms with E-state index in [1.165, 1.54) is 13.2 Å². The van der Waals surface area contributed by atoms with Gasteiger partial charge in [0.15, 0.2) is 0 Å². The summed E-state index contributed by atoms with van der Waals surface area (Å²) in [5.74, 6) is -1.64. The van der Waals surface area contributed by atoms with E-state index >= 15 is 0 Å². The zero-order chi connectivity index (χ0) is 35.9. The summed E-state index contributed by atoms with van der Waals surface area (Å²) in [6, 6.07) is 11.2. The van der Waals surface area contributed by atoms with Gasteiger partial charge in [0.2, 0.25) is 17.7 Å². The molecule has 1 saturated heterocycles. The van der Waals surface area contributed by atoms with Crippen LogP contribution in [0.15, 0.2) is 54.6 Å². The maximum Gasteiger partial charge on any atom is 0.328 e. The van der Waals surface area contributed by atoms with E-state index in [4.69, 9.17) is 31.5 Å². The molecule has 11 nitrogen and oxygen atoms in total. The van der Waals surface area contributed by atoms with E-state index in [1.807, 2.05) is 45.0 Å². The Hall–Kier alpha value is -3.93. The molecule has 2 aliphatic heterocycles. The Balaban J connectivity index is 1.60. The molecule has 0 saturated carbocycles. The number of hydrogen-bond donors (Lipinski definition) is 4. The Morgan fingerprint density at radius 2 is 1.69 bits per heavy atom. The molecule has 1 unspecified atom stereocenters. The van der Waals surface area contributed by atoms with Crippen molar-refractivity contribution in [2.75, 3.05) is 13.7 Å². The van der Waals surface area contributed by atoms with Gasteiger partial charge in [-0.25, -0.2) is 4.79 Å². The minimum Gasteiger partial charge on any atom is -0.495 e. The SMILES string of the molecule is COc1ccc(C[C@H]2NC(=O)/C=C/C[C@@H](C(C)[C@H]3O[C@@H]3c3ccc(CN)cc3)OC(=O)[C@H](CC(C)C)NC(=O)C(C)(C)CNC2=O)cc1Cl. The maximum atomic E-state index is 13.7. The van der Waals surface area contributed by atoms with E-state index in [-0.39, 0.29) is 43.4 Å². The number of hydrogen-bond acceptors (Lipinski definition) is 8. The van der Waals surface area contributed by atoms with Crippen LogP contribution in [0.1, 0.15) is 70.3 Å². The van der Waals surface area contributed by atoms with Gasteiger partial charge in [-0.05, 0) is 61.1 Å². The largest absolute Gasteiger partial charge is 0.495 e. The average molecular weight is 697 g/mol. The van der Waals surface area contributed by atoms with Crippen molar-refractivity contribution in [1.82, 2.24) is 16.0 Å². The topological polar surface area (TPSA) is 161 Å². The zero-order valence-electron chi connectivity index (χ0n) is 29.1. The third kappa shape index (κ3) is 10.3. The Morgan fingerprint density at radius 1 is 1.00 bits per heavy atom. The lowest BCUT2D eigenvalue weighted by Gasteiger charge is -2.30. The fourth-order valence-corrected chi connectivity index (χ4v) is 6.09. The first-order valence-electron chi connectivity index (χ1n) is 16.7. The summed E-state index contributed by atoms with van der Waals surface area (Å²) < 4.78 is 17.4. The number of ether oxygens (including phenoxy) is 3. The molecule has 2 aliphatic rings. The Morgan fingerprint density at radius 3 is 2.33 bits per heavy atom. The highest BCUT2D eigenvalue weighted by Gasteiger charge is 2.47. The Kier molecular flexibility index (Phi) is 12.9. The number of esters is 1. The van der Waals surface area contributed by atoms with Gasteiger partial charge in [0, 0.05) is 31.8 Å². The molecule has 2 aromatic carbocycles. The number of nitrogens with two attached hydrogens (primary N) is 1. The summed E-state index contributed by atoms with van der Waals surface area (Å²) in [5, 5.41) is 8.86. The van der Waals surface area contributed by atoms with Crippen LogP contribution < -0.4 is 26.4 Å². The number of epoxide rings is 1. The van der Waals surface area contributed by atoms with Gasteiger partial charge in [0.1, 0.15) is 30.0 Å². The molecule has 49 heavy (non-hydrogen) atoms. The third-order valence-corrected chi connectivity index (χ3v) is 9.28. The van der Waals surface area contributed by atoms with Crippen molar-refractivity contribution < 1.29 is 33.4 Å². The van der Waals surface area contributed by atoms with Crippen molar-refractivity contribution in [3.8, 4) is 5.75 Å². The normalized spacial score (nSPS) is 26.2. The standard InChI is InChI=1S/C37H49ClN4O7/c1-21(2)16-28-35(45)48-29(22(3)32-33(49-32)25-13-10-23(19-39)11-14-25)8-7-9-31(43)41-27(18-24-12-15-30(47-6)26(38)17-24)34(44)40-20-37(4,5)36(46)42-28/h7,9-15,17,21-22,27-29,32-33H,8,16,18-20,39H2,1-6H3,(H,40,44)(H,41,43)(H,42,46)/b9-7+/t22?,27-,28+,29+,32-,33-/m1/s1. The van der Waals surface area contributed by atoms with Crippen molar-refractivity contribution >= 4 is 35.3 Å². The lowest BCUT2D eigenvalue weighted by molar-refractivity contribution is -0.157. The van der Waals surface area contributed by atoms with Crippen LogP contribution >= 0.6 is 11.6 Å². The summed E-state index contributed by atoms with van der Waals surface area (Å²) in [7, 11) is 1.51. The molecular weight excluding hydrogens is 648 g/mol. The highest BCUT2D eigenvalue weighted by Crippen LogP contribution is 2.45. The molecule has 0 aliphatic carbocycles. The first kappa shape index (κ1) is 37.9. The van der Waals surface area contributed by atoms with Gasteiger partial charge >= 0.3 is 5.97 Å². The molecule has 1 fully saturated rings. The second-order valence-electron chi connectivity index (χ2n) is 13.9. The van der Waals surface area contributed by atoms with Crippen LogP contribution in [0.3, 0.4) is 0 Å². The van der Waals surface area contributed by atoms with Gasteiger partial charge in [-0.2, -0.15) is 0 Å². The van der Waals surface area contributed by atoms with E-state index in [1.54, 1.807) is 38.1 Å². The molecule has 12 heteroatoms. The Labute approximate surface area is 293 Å². The number of amides is 3. The number of halogens is 1. The quantitative estimate of drug-likeness (QED) is 0.225. The second kappa shape index (κ2) is 16.7. The summed E-state index contributed by atoms with van der Waals surface area (Å²) in [4.78, 5) is 53.9. The van der Waals surface area contributed by atoms with Gasteiger partial charge < -0.3 is 35.9 Å². The number of cyclic esters (lactones) is 1. The van der Waals surface area contributed by atoms with Crippen molar-refractivity contribution in [3.05, 3.63) is 76.3 Å². The molecule has 6 atom stereocenters. The van der Waals surface area contributed by atoms with Crippen LogP contribution in [0.5, 0.6) is 5.75 Å². The molecule has 2 heterocycles. The smallest absolute Gasteiger partial charge is 0.328 e. The van der Waals surface area contributed by atoms with Gasteiger partial charge in [0.25, 0.3) is 0 Å². The molecular formula is C37H49ClN4O7. The lowest BCUT2D eigenvalue weighted by Crippen LogP contribution is -2.54. The van der Waals surface area contributed by atoms with E-state index in [0.29, 0.717) is 29.3 Å². The third-order valence-electron chi connectivity index (χ3n) is 8.98. The summed E-state index contributed by atoms with van der Waals surface area (Å²) in [6.07, 6.45) is 2.61. The van der Waals surface area contributed by atoms with Crippen LogP contribution in [0, 0.1) is 17.3 Å². The maximum absolute atomic E-state index is 13.7. The summed E-state index contributed by atoms with van der Waals surface area (Å²) >= 11 is 6.33. The second-order valence-corrected chi connectivity index (χ2v) is 14.3. The minimum absolute atomic E-state index is 0.0426. The van der Waals surface area contributed by atoms with Gasteiger partial charge in [-0.1, -0.05) is 68.8 Å². The molecule has 0 bridgehead atoms. The van der Waals surface area contributed by atoms with Crippen LogP contribution in [-0.2, 0) is 41.6 Å². The monoisotopic (exact) mass is 696 g/mol. The minimum atomic E-state index is -1.10. The lowest BCUT2D eigenvalue weighted by atomic mass is 9.90. The summed E-state index contributed by atoms with van der Waals surface area (Å²) in [5.41, 5.74) is 7.37. The fourth-order valence-electron chi connectivity index (χ4n) is 5.81. The van der Waals surface area contributed by atoms with Gasteiger partial charge in [-0.15, -0.1) is 0 Å².